The molecule has 0 amide bonds. The minimum Gasteiger partial charge on any atom is -0.396 e. The zero-order valence-electron chi connectivity index (χ0n) is 8.08. The molecular weight excluding hydrogens is 184 g/mol. The molecule has 2 N–H and O–H groups in total. The number of aryl methyl sites for hydroxylation is 1. The minimum absolute atomic E-state index is 0.232. The van der Waals surface area contributed by atoms with Gasteiger partial charge in [0.2, 0.25) is 0 Å². The standard InChI is InChI=1S/C9H16N2OS/c1-3-8(4-5-12)11-9-10-7(2)6-13-9/h6,8,12H,3-5H2,1-2H3,(H,10,11). The Hall–Kier alpha value is -0.610. The molecule has 0 spiro atoms. The molecule has 1 unspecified atom stereocenters. The van der Waals surface area contributed by atoms with Gasteiger partial charge < -0.3 is 10.4 Å². The molecule has 0 saturated carbocycles. The number of nitrogens with one attached hydrogen (secondary N) is 1. The summed E-state index contributed by atoms with van der Waals surface area (Å²) in [7, 11) is 0. The highest BCUT2D eigenvalue weighted by Gasteiger charge is 2.06. The lowest BCUT2D eigenvalue weighted by Crippen LogP contribution is -2.19. The zero-order valence-corrected chi connectivity index (χ0v) is 8.90. The van der Waals surface area contributed by atoms with Crippen LogP contribution in [0.4, 0.5) is 5.13 Å². The van der Waals surface area contributed by atoms with Crippen LogP contribution in [0, 0.1) is 6.92 Å². The van der Waals surface area contributed by atoms with E-state index >= 15 is 0 Å². The normalized spacial score (nSPS) is 12.8. The fourth-order valence-corrected chi connectivity index (χ4v) is 1.90. The van der Waals surface area contributed by atoms with Gasteiger partial charge in [-0.1, -0.05) is 6.92 Å². The quantitative estimate of drug-likeness (QED) is 0.764. The number of aromatic nitrogens is 1. The summed E-state index contributed by atoms with van der Waals surface area (Å²) in [5.74, 6) is 0. The van der Waals surface area contributed by atoms with Crippen molar-refractivity contribution in [3.63, 3.8) is 0 Å². The van der Waals surface area contributed by atoms with Crippen LogP contribution in [0.5, 0.6) is 0 Å². The number of nitrogens with zero attached hydrogens (tertiary/aromatic N) is 1. The maximum Gasteiger partial charge on any atom is 0.183 e. The molecule has 0 saturated heterocycles. The lowest BCUT2D eigenvalue weighted by Gasteiger charge is -2.14. The average Bonchev–Trinajstić information content (AvgIpc) is 2.50. The Morgan fingerprint density at radius 2 is 2.46 bits per heavy atom. The maximum absolute atomic E-state index is 8.79. The Bertz CT molecular complexity index is 250. The third-order valence-corrected chi connectivity index (χ3v) is 2.81. The van der Waals surface area contributed by atoms with E-state index in [1.807, 2.05) is 12.3 Å². The Labute approximate surface area is 82.8 Å². The molecule has 1 atom stereocenters. The average molecular weight is 200 g/mol. The summed E-state index contributed by atoms with van der Waals surface area (Å²) in [4.78, 5) is 4.31. The number of aliphatic hydroxyl groups is 1. The Morgan fingerprint density at radius 3 is 2.92 bits per heavy atom. The van der Waals surface area contributed by atoms with E-state index in [0.717, 1.165) is 23.7 Å². The Morgan fingerprint density at radius 1 is 1.69 bits per heavy atom. The molecule has 0 aromatic carbocycles. The predicted molar refractivity (Wildman–Crippen MR) is 56.3 cm³/mol. The second kappa shape index (κ2) is 5.19. The van der Waals surface area contributed by atoms with Crippen molar-refractivity contribution in [3.05, 3.63) is 11.1 Å². The van der Waals surface area contributed by atoms with Crippen molar-refractivity contribution in [2.75, 3.05) is 11.9 Å². The SMILES string of the molecule is CCC(CCO)Nc1nc(C)cs1. The van der Waals surface area contributed by atoms with Gasteiger partial charge in [-0.25, -0.2) is 4.98 Å². The number of thiazole rings is 1. The van der Waals surface area contributed by atoms with Gasteiger partial charge in [0.05, 0.1) is 5.69 Å². The van der Waals surface area contributed by atoms with Gasteiger partial charge in [0.25, 0.3) is 0 Å². The fourth-order valence-electron chi connectivity index (χ4n) is 1.13. The molecule has 1 rings (SSSR count). The monoisotopic (exact) mass is 200 g/mol. The maximum atomic E-state index is 8.79. The number of hydrogen-bond donors (Lipinski definition) is 2. The predicted octanol–water partition coefficient (Wildman–Crippen LogP) is 2.02. The van der Waals surface area contributed by atoms with Crippen LogP contribution < -0.4 is 5.32 Å². The van der Waals surface area contributed by atoms with E-state index in [0.29, 0.717) is 6.04 Å². The van der Waals surface area contributed by atoms with Crippen molar-refractivity contribution in [1.29, 1.82) is 0 Å². The van der Waals surface area contributed by atoms with Crippen LogP contribution in [0.2, 0.25) is 0 Å². The van der Waals surface area contributed by atoms with Gasteiger partial charge >= 0.3 is 0 Å². The summed E-state index contributed by atoms with van der Waals surface area (Å²) in [5, 5.41) is 15.1. The van der Waals surface area contributed by atoms with Gasteiger partial charge in [-0.2, -0.15) is 0 Å². The molecule has 3 nitrogen and oxygen atoms in total. The first-order chi connectivity index (χ1) is 6.26. The smallest absolute Gasteiger partial charge is 0.183 e. The molecule has 0 bridgehead atoms. The third-order valence-electron chi connectivity index (χ3n) is 1.92. The van der Waals surface area contributed by atoms with E-state index in [1.165, 1.54) is 0 Å². The highest BCUT2D eigenvalue weighted by Crippen LogP contribution is 2.17. The molecule has 4 heteroatoms. The van der Waals surface area contributed by atoms with Crippen LogP contribution in [0.3, 0.4) is 0 Å². The molecule has 1 heterocycles. The van der Waals surface area contributed by atoms with Crippen LogP contribution >= 0.6 is 11.3 Å². The topological polar surface area (TPSA) is 45.1 Å². The molecule has 0 aliphatic rings. The van der Waals surface area contributed by atoms with E-state index in [2.05, 4.69) is 17.2 Å². The van der Waals surface area contributed by atoms with Gasteiger partial charge in [-0.05, 0) is 19.8 Å². The minimum atomic E-state index is 0.232. The third kappa shape index (κ3) is 3.32. The highest BCUT2D eigenvalue weighted by molar-refractivity contribution is 7.13. The fraction of sp³-hybridized carbons (Fsp3) is 0.667. The Balaban J connectivity index is 2.46. The summed E-state index contributed by atoms with van der Waals surface area (Å²) in [6, 6.07) is 0.343. The summed E-state index contributed by atoms with van der Waals surface area (Å²) < 4.78 is 0. The van der Waals surface area contributed by atoms with Gasteiger partial charge in [0.15, 0.2) is 5.13 Å². The highest BCUT2D eigenvalue weighted by atomic mass is 32.1. The lowest BCUT2D eigenvalue weighted by atomic mass is 10.2. The first kappa shape index (κ1) is 10.5. The summed E-state index contributed by atoms with van der Waals surface area (Å²) in [6.45, 7) is 4.32. The molecule has 0 fully saturated rings. The van der Waals surface area contributed by atoms with E-state index < -0.39 is 0 Å². The van der Waals surface area contributed by atoms with E-state index in [4.69, 9.17) is 5.11 Å². The van der Waals surface area contributed by atoms with Gasteiger partial charge in [-0.3, -0.25) is 0 Å². The summed E-state index contributed by atoms with van der Waals surface area (Å²) in [5.41, 5.74) is 1.05. The van der Waals surface area contributed by atoms with E-state index in [-0.39, 0.29) is 6.61 Å². The molecule has 74 valence electrons. The van der Waals surface area contributed by atoms with Crippen molar-refractivity contribution in [1.82, 2.24) is 4.98 Å². The lowest BCUT2D eigenvalue weighted by molar-refractivity contribution is 0.278. The number of hydrogen-bond acceptors (Lipinski definition) is 4. The molecule has 13 heavy (non-hydrogen) atoms. The second-order valence-electron chi connectivity index (χ2n) is 3.06. The summed E-state index contributed by atoms with van der Waals surface area (Å²) in [6.07, 6.45) is 1.80. The molecule has 0 radical (unpaired) electrons. The van der Waals surface area contributed by atoms with Crippen LogP contribution in [0.25, 0.3) is 0 Å². The first-order valence-electron chi connectivity index (χ1n) is 4.55. The zero-order chi connectivity index (χ0) is 9.68. The van der Waals surface area contributed by atoms with Crippen molar-refractivity contribution in [2.24, 2.45) is 0 Å². The summed E-state index contributed by atoms with van der Waals surface area (Å²) >= 11 is 1.62. The molecule has 0 aliphatic carbocycles. The molecule has 1 aromatic heterocycles. The number of rotatable bonds is 5. The van der Waals surface area contributed by atoms with Crippen LogP contribution in [0.1, 0.15) is 25.5 Å². The van der Waals surface area contributed by atoms with Crippen molar-refractivity contribution < 1.29 is 5.11 Å². The molecular formula is C9H16N2OS. The van der Waals surface area contributed by atoms with E-state index in [9.17, 15) is 0 Å². The van der Waals surface area contributed by atoms with Crippen molar-refractivity contribution in [3.8, 4) is 0 Å². The second-order valence-corrected chi connectivity index (χ2v) is 3.91. The number of anilines is 1. The van der Waals surface area contributed by atoms with Crippen LogP contribution in [0.15, 0.2) is 5.38 Å². The largest absolute Gasteiger partial charge is 0.396 e. The van der Waals surface area contributed by atoms with Crippen molar-refractivity contribution in [2.45, 2.75) is 32.7 Å². The van der Waals surface area contributed by atoms with Gasteiger partial charge in [-0.15, -0.1) is 11.3 Å². The molecule has 0 aliphatic heterocycles. The van der Waals surface area contributed by atoms with Crippen LogP contribution in [-0.2, 0) is 0 Å². The van der Waals surface area contributed by atoms with Gasteiger partial charge in [0.1, 0.15) is 0 Å². The Kier molecular flexibility index (Phi) is 4.18. The number of aliphatic hydroxyl groups excluding tert-OH is 1. The van der Waals surface area contributed by atoms with Gasteiger partial charge in [0, 0.05) is 18.0 Å². The van der Waals surface area contributed by atoms with Crippen LogP contribution in [-0.4, -0.2) is 22.7 Å². The molecule has 1 aromatic rings. The first-order valence-corrected chi connectivity index (χ1v) is 5.43. The van der Waals surface area contributed by atoms with Crippen molar-refractivity contribution >= 4 is 16.5 Å². The van der Waals surface area contributed by atoms with E-state index in [1.54, 1.807) is 11.3 Å².